The first-order valence-electron chi connectivity index (χ1n) is 12.9. The number of carbonyl (C=O) groups is 4. The third-order valence-corrected chi connectivity index (χ3v) is 6.53. The summed E-state index contributed by atoms with van der Waals surface area (Å²) >= 11 is 0. The number of aromatic nitrogens is 1. The molecule has 40 heavy (non-hydrogen) atoms. The number of rotatable bonds is 9. The van der Waals surface area contributed by atoms with Gasteiger partial charge in [-0.1, -0.05) is 0 Å². The van der Waals surface area contributed by atoms with E-state index in [1.54, 1.807) is 54.4 Å². The summed E-state index contributed by atoms with van der Waals surface area (Å²) in [6.07, 6.45) is 0.477. The van der Waals surface area contributed by atoms with Crippen molar-refractivity contribution in [2.75, 3.05) is 76.3 Å². The number of amides is 3. The third-order valence-electron chi connectivity index (χ3n) is 6.53. The number of anilines is 2. The minimum Gasteiger partial charge on any atom is -0.455 e. The molecular formula is C27H33FN6O6. The van der Waals surface area contributed by atoms with E-state index in [1.807, 2.05) is 4.90 Å². The van der Waals surface area contributed by atoms with Gasteiger partial charge >= 0.3 is 12.1 Å². The number of piperazine rings is 1. The second-order valence-electron chi connectivity index (χ2n) is 9.89. The normalized spacial score (nSPS) is 17.2. The number of carbonyl (C=O) groups excluding carboxylic acids is 4. The molecule has 2 aromatic rings. The van der Waals surface area contributed by atoms with Gasteiger partial charge in [-0.05, 0) is 44.4 Å². The molecule has 13 heteroatoms. The number of halogens is 1. The van der Waals surface area contributed by atoms with E-state index in [1.165, 1.54) is 17.9 Å². The topological polar surface area (TPSA) is 125 Å². The van der Waals surface area contributed by atoms with E-state index in [0.717, 1.165) is 0 Å². The van der Waals surface area contributed by atoms with Crippen LogP contribution in [0.3, 0.4) is 0 Å². The van der Waals surface area contributed by atoms with Crippen molar-refractivity contribution in [2.24, 2.45) is 0 Å². The number of nitrogens with zero attached hydrogens (tertiary/aromatic N) is 5. The van der Waals surface area contributed by atoms with Crippen LogP contribution >= 0.6 is 0 Å². The quantitative estimate of drug-likeness (QED) is 0.452. The Labute approximate surface area is 231 Å². The molecule has 2 aliphatic rings. The lowest BCUT2D eigenvalue weighted by atomic mass is 10.1. The van der Waals surface area contributed by atoms with Crippen molar-refractivity contribution >= 4 is 35.4 Å². The fraction of sp³-hybridized carbons (Fsp3) is 0.444. The molecule has 0 unspecified atom stereocenters. The third kappa shape index (κ3) is 7.23. The maximum atomic E-state index is 15.1. The number of ether oxygens (including phenoxy) is 2. The van der Waals surface area contributed by atoms with Crippen LogP contribution in [0, 0.1) is 5.82 Å². The molecule has 3 heterocycles. The largest absolute Gasteiger partial charge is 0.455 e. The highest BCUT2D eigenvalue weighted by Crippen LogP contribution is 2.29. The highest BCUT2D eigenvalue weighted by molar-refractivity contribution is 5.90. The molecule has 0 aliphatic carbocycles. The predicted molar refractivity (Wildman–Crippen MR) is 144 cm³/mol. The lowest BCUT2D eigenvalue weighted by molar-refractivity contribution is -0.152. The minimum atomic E-state index is -0.597. The number of likely N-dealkylation sites (N-methyl/N-ethyl adjacent to an activating group) is 1. The highest BCUT2D eigenvalue weighted by atomic mass is 19.1. The Bertz CT molecular complexity index is 1250. The first-order chi connectivity index (χ1) is 19.1. The molecule has 1 aromatic carbocycles. The van der Waals surface area contributed by atoms with E-state index in [2.05, 4.69) is 10.3 Å². The molecule has 0 saturated carbocycles. The Balaban J connectivity index is 1.31. The lowest BCUT2D eigenvalue weighted by Gasteiger charge is -2.35. The van der Waals surface area contributed by atoms with Crippen molar-refractivity contribution in [3.05, 3.63) is 42.3 Å². The fourth-order valence-electron chi connectivity index (χ4n) is 4.46. The van der Waals surface area contributed by atoms with E-state index in [4.69, 9.17) is 9.47 Å². The van der Waals surface area contributed by atoms with Gasteiger partial charge < -0.3 is 24.6 Å². The van der Waals surface area contributed by atoms with Crippen molar-refractivity contribution in [3.8, 4) is 11.1 Å². The van der Waals surface area contributed by atoms with E-state index in [9.17, 15) is 19.2 Å². The molecule has 1 N–H and O–H groups in total. The first-order valence-corrected chi connectivity index (χ1v) is 12.9. The second kappa shape index (κ2) is 12.7. The molecule has 1 atom stereocenters. The van der Waals surface area contributed by atoms with Crippen molar-refractivity contribution < 1.29 is 33.0 Å². The van der Waals surface area contributed by atoms with Gasteiger partial charge in [0.1, 0.15) is 17.7 Å². The standard InChI is InChI=1S/C27H33FN6O6/c1-18(35)29-14-21-15-34(27(38)40-21)20-5-6-22(23(28)12-20)19-4-7-24(30-13-19)32-8-10-33(11-9-32)25(36)17-39-26(37)16-31(2)3/h4-7,12-13,21H,8-11,14-17H2,1-3H3,(H,29,35)/t21-/m0/s1. The summed E-state index contributed by atoms with van der Waals surface area (Å²) < 4.78 is 25.4. The van der Waals surface area contributed by atoms with Gasteiger partial charge in [0.15, 0.2) is 6.61 Å². The molecule has 214 valence electrons. The molecule has 2 saturated heterocycles. The zero-order valence-electron chi connectivity index (χ0n) is 22.8. The fourth-order valence-corrected chi connectivity index (χ4v) is 4.46. The number of esters is 1. The predicted octanol–water partition coefficient (Wildman–Crippen LogP) is 1.10. The summed E-state index contributed by atoms with van der Waals surface area (Å²) in [4.78, 5) is 58.6. The Morgan fingerprint density at radius 2 is 1.90 bits per heavy atom. The first kappa shape index (κ1) is 28.7. The number of nitrogens with one attached hydrogen (secondary N) is 1. The molecule has 3 amide bonds. The van der Waals surface area contributed by atoms with E-state index in [-0.39, 0.29) is 38.1 Å². The van der Waals surface area contributed by atoms with Crippen LogP contribution in [-0.4, -0.2) is 111 Å². The van der Waals surface area contributed by atoms with Crippen LogP contribution in [0.25, 0.3) is 11.1 Å². The maximum absolute atomic E-state index is 15.1. The minimum absolute atomic E-state index is 0.116. The molecule has 1 aromatic heterocycles. The maximum Gasteiger partial charge on any atom is 0.414 e. The number of benzene rings is 1. The van der Waals surface area contributed by atoms with Gasteiger partial charge in [-0.3, -0.25) is 24.2 Å². The summed E-state index contributed by atoms with van der Waals surface area (Å²) in [5, 5.41) is 2.61. The summed E-state index contributed by atoms with van der Waals surface area (Å²) in [7, 11) is 3.49. The van der Waals surface area contributed by atoms with Crippen LogP contribution in [0.15, 0.2) is 36.5 Å². The van der Waals surface area contributed by atoms with Gasteiger partial charge in [0.05, 0.1) is 25.3 Å². The van der Waals surface area contributed by atoms with Crippen LogP contribution in [0.5, 0.6) is 0 Å². The molecule has 0 spiro atoms. The number of hydrogen-bond acceptors (Lipinski definition) is 9. The van der Waals surface area contributed by atoms with Crippen LogP contribution in [0.1, 0.15) is 6.92 Å². The average Bonchev–Trinajstić information content (AvgIpc) is 3.30. The van der Waals surface area contributed by atoms with E-state index >= 15 is 4.39 Å². The van der Waals surface area contributed by atoms with Crippen molar-refractivity contribution in [2.45, 2.75) is 13.0 Å². The lowest BCUT2D eigenvalue weighted by Crippen LogP contribution is -2.50. The molecule has 12 nitrogen and oxygen atoms in total. The van der Waals surface area contributed by atoms with Crippen LogP contribution in [-0.2, 0) is 23.9 Å². The molecule has 0 radical (unpaired) electrons. The van der Waals surface area contributed by atoms with Crippen LogP contribution in [0.4, 0.5) is 20.7 Å². The SMILES string of the molecule is CC(=O)NC[C@H]1CN(c2ccc(-c3ccc(N4CCN(C(=O)COC(=O)CN(C)C)CC4)nc3)c(F)c2)C(=O)O1. The van der Waals surface area contributed by atoms with Gasteiger partial charge in [0, 0.05) is 50.4 Å². The van der Waals surface area contributed by atoms with E-state index in [0.29, 0.717) is 48.8 Å². The van der Waals surface area contributed by atoms with Crippen LogP contribution in [0.2, 0.25) is 0 Å². The Hall–Kier alpha value is -4.26. The molecule has 0 bridgehead atoms. The summed E-state index contributed by atoms with van der Waals surface area (Å²) in [6, 6.07) is 8.08. The smallest absolute Gasteiger partial charge is 0.414 e. The summed E-state index contributed by atoms with van der Waals surface area (Å²) in [5.41, 5.74) is 1.28. The second-order valence-corrected chi connectivity index (χ2v) is 9.89. The molecule has 4 rings (SSSR count). The van der Waals surface area contributed by atoms with Crippen molar-refractivity contribution in [1.29, 1.82) is 0 Å². The van der Waals surface area contributed by atoms with Gasteiger partial charge in [0.25, 0.3) is 5.91 Å². The Morgan fingerprint density at radius 3 is 2.52 bits per heavy atom. The van der Waals surface area contributed by atoms with Crippen LogP contribution < -0.4 is 15.1 Å². The van der Waals surface area contributed by atoms with Crippen molar-refractivity contribution in [1.82, 2.24) is 20.1 Å². The summed E-state index contributed by atoms with van der Waals surface area (Å²) in [6.45, 7) is 3.66. The molecule has 2 aliphatic heterocycles. The monoisotopic (exact) mass is 556 g/mol. The number of pyridine rings is 1. The zero-order valence-corrected chi connectivity index (χ0v) is 22.8. The summed E-state index contributed by atoms with van der Waals surface area (Å²) in [5.74, 6) is -0.714. The van der Waals surface area contributed by atoms with Gasteiger partial charge in [0.2, 0.25) is 5.91 Å². The number of hydrogen-bond donors (Lipinski definition) is 1. The van der Waals surface area contributed by atoms with Crippen molar-refractivity contribution in [3.63, 3.8) is 0 Å². The van der Waals surface area contributed by atoms with Gasteiger partial charge in [-0.2, -0.15) is 0 Å². The highest BCUT2D eigenvalue weighted by Gasteiger charge is 2.33. The van der Waals surface area contributed by atoms with Gasteiger partial charge in [-0.15, -0.1) is 0 Å². The molecule has 2 fully saturated rings. The number of cyclic esters (lactones) is 1. The van der Waals surface area contributed by atoms with E-state index < -0.39 is 24.0 Å². The Kier molecular flexibility index (Phi) is 9.15. The van der Waals surface area contributed by atoms with Gasteiger partial charge in [-0.25, -0.2) is 14.2 Å². The average molecular weight is 557 g/mol. The zero-order chi connectivity index (χ0) is 28.8. The Morgan fingerprint density at radius 1 is 1.15 bits per heavy atom. The molecular weight excluding hydrogens is 523 g/mol.